The summed E-state index contributed by atoms with van der Waals surface area (Å²) >= 11 is 0. The number of ether oxygens (including phenoxy) is 1. The molecule has 0 unspecified atom stereocenters. The summed E-state index contributed by atoms with van der Waals surface area (Å²) in [6.07, 6.45) is 4.02. The van der Waals surface area contributed by atoms with Crippen molar-refractivity contribution in [1.82, 2.24) is 0 Å². The van der Waals surface area contributed by atoms with E-state index in [9.17, 15) is 10.2 Å². The van der Waals surface area contributed by atoms with E-state index in [1.807, 2.05) is 6.92 Å². The number of rotatable bonds is 2. The van der Waals surface area contributed by atoms with Crippen LogP contribution in [-0.2, 0) is 4.74 Å². The lowest BCUT2D eigenvalue weighted by molar-refractivity contribution is -0.110. The minimum absolute atomic E-state index is 0.0253. The molecule has 0 bridgehead atoms. The van der Waals surface area contributed by atoms with E-state index >= 15 is 0 Å². The average molecular weight is 268 g/mol. The van der Waals surface area contributed by atoms with E-state index in [2.05, 4.69) is 13.5 Å². The Morgan fingerprint density at radius 2 is 2.05 bits per heavy atom. The maximum absolute atomic E-state index is 10.3. The summed E-state index contributed by atoms with van der Waals surface area (Å²) in [5, 5.41) is 20.0. The van der Waals surface area contributed by atoms with Crippen LogP contribution >= 0.6 is 0 Å². The van der Waals surface area contributed by atoms with Gasteiger partial charge in [0.05, 0.1) is 11.7 Å². The van der Waals surface area contributed by atoms with Gasteiger partial charge >= 0.3 is 0 Å². The highest BCUT2D eigenvalue weighted by atomic mass is 16.5. The van der Waals surface area contributed by atoms with E-state index < -0.39 is 11.7 Å². The second-order valence-electron chi connectivity index (χ2n) is 7.00. The summed E-state index contributed by atoms with van der Waals surface area (Å²) in [4.78, 5) is 0. The summed E-state index contributed by atoms with van der Waals surface area (Å²) in [6, 6.07) is 0. The summed E-state index contributed by atoms with van der Waals surface area (Å²) in [5.74, 6) is 0.994. The van der Waals surface area contributed by atoms with Crippen LogP contribution in [0, 0.1) is 17.3 Å². The molecule has 0 amide bonds. The Morgan fingerprint density at radius 3 is 2.63 bits per heavy atom. The number of allylic oxidation sites excluding steroid dienone is 1. The molecule has 0 radical (unpaired) electrons. The molecule has 0 aromatic rings. The van der Waals surface area contributed by atoms with Crippen LogP contribution in [0.1, 0.15) is 46.0 Å². The molecule has 0 aromatic heterocycles. The highest BCUT2D eigenvalue weighted by molar-refractivity contribution is 5.15. The van der Waals surface area contributed by atoms with E-state index in [0.717, 1.165) is 32.1 Å². The predicted molar refractivity (Wildman–Crippen MR) is 75.8 cm³/mol. The molecule has 110 valence electrons. The minimum atomic E-state index is -0.471. The molecule has 2 fully saturated rings. The molecule has 5 atom stereocenters. The van der Waals surface area contributed by atoms with Gasteiger partial charge in [-0.1, -0.05) is 19.1 Å². The van der Waals surface area contributed by atoms with Crippen molar-refractivity contribution in [3.63, 3.8) is 0 Å². The predicted octanol–water partition coefficient (Wildman–Crippen LogP) is 2.52. The normalized spacial score (nSPS) is 47.6. The van der Waals surface area contributed by atoms with E-state index in [-0.39, 0.29) is 12.0 Å². The van der Waals surface area contributed by atoms with Gasteiger partial charge < -0.3 is 14.9 Å². The zero-order valence-electron chi connectivity index (χ0n) is 12.5. The Hall–Kier alpha value is -0.380. The van der Waals surface area contributed by atoms with Crippen molar-refractivity contribution in [2.45, 2.75) is 57.7 Å². The number of hydrogen-bond acceptors (Lipinski definition) is 3. The zero-order chi connectivity index (χ0) is 14.3. The third-order valence-electron chi connectivity index (χ3n) is 5.81. The fraction of sp³-hybridized carbons (Fsp3) is 0.875. The van der Waals surface area contributed by atoms with Crippen LogP contribution in [-0.4, -0.2) is 35.6 Å². The largest absolute Gasteiger partial charge is 0.396 e. The van der Waals surface area contributed by atoms with Crippen LogP contribution in [0.2, 0.25) is 0 Å². The van der Waals surface area contributed by atoms with Crippen LogP contribution in [0.4, 0.5) is 0 Å². The first-order valence-corrected chi connectivity index (χ1v) is 7.38. The second-order valence-corrected chi connectivity index (χ2v) is 7.00. The molecule has 0 aromatic carbocycles. The van der Waals surface area contributed by atoms with Crippen molar-refractivity contribution in [2.75, 3.05) is 13.7 Å². The first-order chi connectivity index (χ1) is 8.86. The molecule has 3 heteroatoms. The summed E-state index contributed by atoms with van der Waals surface area (Å²) < 4.78 is 5.58. The minimum Gasteiger partial charge on any atom is -0.396 e. The molecular weight excluding hydrogens is 240 g/mol. The van der Waals surface area contributed by atoms with Crippen molar-refractivity contribution in [3.05, 3.63) is 12.2 Å². The zero-order valence-corrected chi connectivity index (χ0v) is 12.5. The molecule has 0 saturated heterocycles. The molecule has 2 rings (SSSR count). The van der Waals surface area contributed by atoms with Gasteiger partial charge in [-0.3, -0.25) is 0 Å². The van der Waals surface area contributed by atoms with Gasteiger partial charge in [0.15, 0.2) is 0 Å². The van der Waals surface area contributed by atoms with Crippen molar-refractivity contribution in [3.8, 4) is 0 Å². The Morgan fingerprint density at radius 1 is 1.37 bits per heavy atom. The number of methoxy groups -OCH3 is 1. The van der Waals surface area contributed by atoms with Crippen LogP contribution < -0.4 is 0 Å². The molecular formula is C16H28O3. The monoisotopic (exact) mass is 268 g/mol. The number of hydrogen-bond donors (Lipinski definition) is 2. The maximum Gasteiger partial charge on any atom is 0.0908 e. The van der Waals surface area contributed by atoms with Crippen LogP contribution in [0.5, 0.6) is 0 Å². The quantitative estimate of drug-likeness (QED) is 0.757. The molecule has 19 heavy (non-hydrogen) atoms. The lowest BCUT2D eigenvalue weighted by Gasteiger charge is -2.54. The fourth-order valence-corrected chi connectivity index (χ4v) is 3.94. The Bertz CT molecular complexity index is 354. The average Bonchev–Trinajstić information content (AvgIpc) is 2.43. The number of aliphatic hydroxyl groups excluding tert-OH is 2. The fourth-order valence-electron chi connectivity index (χ4n) is 3.94. The molecule has 2 aliphatic carbocycles. The maximum atomic E-state index is 10.3. The summed E-state index contributed by atoms with van der Waals surface area (Å²) in [6.45, 7) is 8.62. The molecule has 2 saturated carbocycles. The van der Waals surface area contributed by atoms with Crippen molar-refractivity contribution < 1.29 is 14.9 Å². The lowest BCUT2D eigenvalue weighted by atomic mass is 9.51. The number of aliphatic hydroxyl groups is 2. The van der Waals surface area contributed by atoms with Crippen molar-refractivity contribution in [1.29, 1.82) is 0 Å². The molecule has 2 N–H and O–H groups in total. The number of fused-ring (bicyclic) bond motifs is 1. The smallest absolute Gasteiger partial charge is 0.0908 e. The van der Waals surface area contributed by atoms with Gasteiger partial charge in [-0.25, -0.2) is 0 Å². The van der Waals surface area contributed by atoms with Gasteiger partial charge in [-0.15, -0.1) is 0 Å². The first kappa shape index (κ1) is 15.0. The lowest BCUT2D eigenvalue weighted by Crippen LogP contribution is -2.49. The van der Waals surface area contributed by atoms with Gasteiger partial charge in [-0.2, -0.15) is 0 Å². The Labute approximate surface area is 116 Å². The molecule has 0 spiro atoms. The van der Waals surface area contributed by atoms with Gasteiger partial charge in [-0.05, 0) is 56.3 Å². The third kappa shape index (κ3) is 2.48. The standard InChI is InChI=1S/C16H28O3/c1-11-5-6-14(18)16(3,19-4)8-7-13-12(11)9-15(13,2)10-17/h12-14,17-18H,1,5-10H2,2-4H3/t12-,13-,14+,15-,16-/m1/s1. The third-order valence-corrected chi connectivity index (χ3v) is 5.81. The van der Waals surface area contributed by atoms with Crippen LogP contribution in [0.3, 0.4) is 0 Å². The highest BCUT2D eigenvalue weighted by Crippen LogP contribution is 2.57. The topological polar surface area (TPSA) is 49.7 Å². The van der Waals surface area contributed by atoms with Gasteiger partial charge in [0.1, 0.15) is 0 Å². The SMILES string of the molecule is C=C1CC[C@H](O)[C@](C)(OC)CC[C@@H]2[C@@H]1C[C@]2(C)CO. The molecule has 3 nitrogen and oxygen atoms in total. The molecule has 0 heterocycles. The van der Waals surface area contributed by atoms with Gasteiger partial charge in [0, 0.05) is 13.7 Å². The van der Waals surface area contributed by atoms with Gasteiger partial charge in [0.2, 0.25) is 0 Å². The van der Waals surface area contributed by atoms with Crippen molar-refractivity contribution >= 4 is 0 Å². The van der Waals surface area contributed by atoms with E-state index in [4.69, 9.17) is 4.74 Å². The molecule has 2 aliphatic rings. The van der Waals surface area contributed by atoms with E-state index in [1.54, 1.807) is 7.11 Å². The van der Waals surface area contributed by atoms with Gasteiger partial charge in [0.25, 0.3) is 0 Å². The van der Waals surface area contributed by atoms with Crippen LogP contribution in [0.15, 0.2) is 12.2 Å². The van der Waals surface area contributed by atoms with E-state index in [0.29, 0.717) is 11.8 Å². The molecule has 0 aliphatic heterocycles. The summed E-state index contributed by atoms with van der Waals surface area (Å²) in [5.41, 5.74) is 0.800. The Kier molecular flexibility index (Phi) is 4.10. The van der Waals surface area contributed by atoms with E-state index in [1.165, 1.54) is 5.57 Å². The first-order valence-electron chi connectivity index (χ1n) is 7.38. The van der Waals surface area contributed by atoms with Crippen molar-refractivity contribution in [2.24, 2.45) is 17.3 Å². The highest BCUT2D eigenvalue weighted by Gasteiger charge is 2.52. The summed E-state index contributed by atoms with van der Waals surface area (Å²) in [7, 11) is 1.68. The Balaban J connectivity index is 2.18. The second kappa shape index (κ2) is 5.19. The van der Waals surface area contributed by atoms with Crippen LogP contribution in [0.25, 0.3) is 0 Å².